The van der Waals surface area contributed by atoms with Gasteiger partial charge in [-0.15, -0.1) is 0 Å². The molecule has 2 aromatic rings. The SMILES string of the molecule is CC(Cc1ccco1)Nc1ccc([N+](=O)[O-])cc1I. The van der Waals surface area contributed by atoms with E-state index in [1.54, 1.807) is 18.4 Å². The maximum absolute atomic E-state index is 10.7. The molecule has 100 valence electrons. The minimum Gasteiger partial charge on any atom is -0.469 e. The highest BCUT2D eigenvalue weighted by molar-refractivity contribution is 14.1. The molecule has 1 N–H and O–H groups in total. The Hall–Kier alpha value is -1.57. The second-order valence-corrected chi connectivity index (χ2v) is 5.41. The lowest BCUT2D eigenvalue weighted by molar-refractivity contribution is -0.384. The minimum atomic E-state index is -0.391. The molecule has 1 heterocycles. The van der Waals surface area contributed by atoms with Crippen LogP contribution < -0.4 is 5.32 Å². The number of nitro groups is 1. The first kappa shape index (κ1) is 13.9. The second-order valence-electron chi connectivity index (χ2n) is 4.25. The lowest BCUT2D eigenvalue weighted by Crippen LogP contribution is -2.18. The molecule has 0 radical (unpaired) electrons. The van der Waals surface area contributed by atoms with Crippen LogP contribution in [0, 0.1) is 13.7 Å². The van der Waals surface area contributed by atoms with Gasteiger partial charge >= 0.3 is 0 Å². The fraction of sp³-hybridized carbons (Fsp3) is 0.231. The summed E-state index contributed by atoms with van der Waals surface area (Å²) in [5, 5.41) is 14.0. The molecule has 19 heavy (non-hydrogen) atoms. The van der Waals surface area contributed by atoms with Crippen LogP contribution in [0.4, 0.5) is 11.4 Å². The van der Waals surface area contributed by atoms with Gasteiger partial charge in [0.15, 0.2) is 0 Å². The number of nitro benzene ring substituents is 1. The Kier molecular flexibility index (Phi) is 4.41. The summed E-state index contributed by atoms with van der Waals surface area (Å²) in [5.74, 6) is 0.914. The van der Waals surface area contributed by atoms with Crippen molar-refractivity contribution in [2.45, 2.75) is 19.4 Å². The zero-order chi connectivity index (χ0) is 13.8. The van der Waals surface area contributed by atoms with Gasteiger partial charge in [-0.05, 0) is 47.7 Å². The van der Waals surface area contributed by atoms with Crippen LogP contribution in [0.1, 0.15) is 12.7 Å². The monoisotopic (exact) mass is 372 g/mol. The molecule has 0 saturated carbocycles. The number of hydrogen-bond donors (Lipinski definition) is 1. The summed E-state index contributed by atoms with van der Waals surface area (Å²) in [5.41, 5.74) is 0.999. The maximum Gasteiger partial charge on any atom is 0.270 e. The van der Waals surface area contributed by atoms with Crippen LogP contribution in [0.2, 0.25) is 0 Å². The molecule has 5 nitrogen and oxygen atoms in total. The van der Waals surface area contributed by atoms with Crippen LogP contribution >= 0.6 is 22.6 Å². The van der Waals surface area contributed by atoms with Crippen molar-refractivity contribution in [3.05, 3.63) is 56.0 Å². The Morgan fingerprint density at radius 1 is 1.47 bits per heavy atom. The van der Waals surface area contributed by atoms with Crippen molar-refractivity contribution in [3.63, 3.8) is 0 Å². The first-order valence-corrected chi connectivity index (χ1v) is 6.87. The third kappa shape index (κ3) is 3.69. The van der Waals surface area contributed by atoms with Crippen molar-refractivity contribution >= 4 is 34.0 Å². The van der Waals surface area contributed by atoms with Gasteiger partial charge in [0.25, 0.3) is 5.69 Å². The summed E-state index contributed by atoms with van der Waals surface area (Å²) >= 11 is 2.09. The number of benzene rings is 1. The quantitative estimate of drug-likeness (QED) is 0.492. The summed E-state index contributed by atoms with van der Waals surface area (Å²) in [4.78, 5) is 10.3. The van der Waals surface area contributed by atoms with Crippen molar-refractivity contribution in [1.82, 2.24) is 0 Å². The van der Waals surface area contributed by atoms with Gasteiger partial charge in [-0.25, -0.2) is 0 Å². The summed E-state index contributed by atoms with van der Waals surface area (Å²) in [6.45, 7) is 2.04. The number of nitrogens with one attached hydrogen (secondary N) is 1. The lowest BCUT2D eigenvalue weighted by Gasteiger charge is -2.15. The lowest BCUT2D eigenvalue weighted by atomic mass is 10.2. The molecule has 1 aromatic heterocycles. The molecular weight excluding hydrogens is 359 g/mol. The van der Waals surface area contributed by atoms with E-state index in [0.29, 0.717) is 0 Å². The number of furan rings is 1. The van der Waals surface area contributed by atoms with Crippen LogP contribution in [0.3, 0.4) is 0 Å². The average molecular weight is 372 g/mol. The minimum absolute atomic E-state index is 0.105. The van der Waals surface area contributed by atoms with Crippen molar-refractivity contribution in [2.75, 3.05) is 5.32 Å². The number of halogens is 1. The zero-order valence-corrected chi connectivity index (χ0v) is 12.5. The van der Waals surface area contributed by atoms with E-state index in [1.165, 1.54) is 6.07 Å². The summed E-state index contributed by atoms with van der Waals surface area (Å²) in [6, 6.07) is 8.77. The van der Waals surface area contributed by atoms with Crippen molar-refractivity contribution in [1.29, 1.82) is 0 Å². The Balaban J connectivity index is 2.04. The molecule has 0 saturated heterocycles. The largest absolute Gasteiger partial charge is 0.469 e. The Labute approximate surface area is 124 Å². The summed E-state index contributed by atoms with van der Waals surface area (Å²) in [6.07, 6.45) is 2.41. The maximum atomic E-state index is 10.7. The fourth-order valence-corrected chi connectivity index (χ4v) is 2.44. The van der Waals surface area contributed by atoms with Crippen molar-refractivity contribution < 1.29 is 9.34 Å². The summed E-state index contributed by atoms with van der Waals surface area (Å²) < 4.78 is 6.12. The first-order valence-electron chi connectivity index (χ1n) is 5.79. The van der Waals surface area contributed by atoms with E-state index in [0.717, 1.165) is 21.4 Å². The molecule has 0 aliphatic carbocycles. The van der Waals surface area contributed by atoms with E-state index in [-0.39, 0.29) is 11.7 Å². The van der Waals surface area contributed by atoms with Gasteiger partial charge < -0.3 is 9.73 Å². The van der Waals surface area contributed by atoms with Crippen LogP contribution in [0.25, 0.3) is 0 Å². The van der Waals surface area contributed by atoms with Gasteiger partial charge in [-0.3, -0.25) is 10.1 Å². The molecule has 0 aliphatic heterocycles. The van der Waals surface area contributed by atoms with E-state index < -0.39 is 4.92 Å². The fourth-order valence-electron chi connectivity index (χ4n) is 1.78. The molecule has 2 rings (SSSR count). The van der Waals surface area contributed by atoms with Crippen LogP contribution in [0.15, 0.2) is 41.0 Å². The molecule has 0 bridgehead atoms. The van der Waals surface area contributed by atoms with Crippen molar-refractivity contribution in [2.24, 2.45) is 0 Å². The average Bonchev–Trinajstić information content (AvgIpc) is 2.84. The summed E-state index contributed by atoms with van der Waals surface area (Å²) in [7, 11) is 0. The van der Waals surface area contributed by atoms with Crippen LogP contribution in [-0.2, 0) is 6.42 Å². The van der Waals surface area contributed by atoms with Gasteiger partial charge in [0, 0.05) is 33.9 Å². The Morgan fingerprint density at radius 2 is 2.26 bits per heavy atom. The Morgan fingerprint density at radius 3 is 2.84 bits per heavy atom. The first-order chi connectivity index (χ1) is 9.06. The van der Waals surface area contributed by atoms with Crippen molar-refractivity contribution in [3.8, 4) is 0 Å². The smallest absolute Gasteiger partial charge is 0.270 e. The number of nitrogens with zero attached hydrogens (tertiary/aromatic N) is 1. The number of rotatable bonds is 5. The molecule has 0 aliphatic rings. The number of hydrogen-bond acceptors (Lipinski definition) is 4. The zero-order valence-electron chi connectivity index (χ0n) is 10.3. The molecular formula is C13H13IN2O3. The normalized spacial score (nSPS) is 12.1. The highest BCUT2D eigenvalue weighted by atomic mass is 127. The Bertz CT molecular complexity index is 569. The molecule has 0 fully saturated rings. The highest BCUT2D eigenvalue weighted by Crippen LogP contribution is 2.24. The van der Waals surface area contributed by atoms with Crippen LogP contribution in [0.5, 0.6) is 0 Å². The molecule has 1 aromatic carbocycles. The predicted molar refractivity (Wildman–Crippen MR) is 81.3 cm³/mol. The van der Waals surface area contributed by atoms with E-state index in [2.05, 4.69) is 27.9 Å². The molecule has 0 amide bonds. The van der Waals surface area contributed by atoms with E-state index in [1.807, 2.05) is 19.1 Å². The van der Waals surface area contributed by atoms with Gasteiger partial charge in [0.1, 0.15) is 5.76 Å². The third-order valence-electron chi connectivity index (χ3n) is 2.65. The van der Waals surface area contributed by atoms with E-state index in [9.17, 15) is 10.1 Å². The second kappa shape index (κ2) is 6.05. The highest BCUT2D eigenvalue weighted by Gasteiger charge is 2.11. The molecule has 1 atom stereocenters. The van der Waals surface area contributed by atoms with Gasteiger partial charge in [0.05, 0.1) is 11.2 Å². The molecule has 6 heteroatoms. The van der Waals surface area contributed by atoms with Gasteiger partial charge in [0.2, 0.25) is 0 Å². The molecule has 0 spiro atoms. The third-order valence-corrected chi connectivity index (χ3v) is 3.55. The topological polar surface area (TPSA) is 68.3 Å². The number of non-ortho nitro benzene ring substituents is 1. The standard InChI is InChI=1S/C13H13IN2O3/c1-9(7-11-3-2-6-19-11)15-13-5-4-10(16(17)18)8-12(13)14/h2-6,8-9,15H,7H2,1H3. The van der Waals surface area contributed by atoms with Gasteiger partial charge in [-0.1, -0.05) is 0 Å². The van der Waals surface area contributed by atoms with E-state index in [4.69, 9.17) is 4.42 Å². The van der Waals surface area contributed by atoms with Crippen LogP contribution in [-0.4, -0.2) is 11.0 Å². The number of anilines is 1. The van der Waals surface area contributed by atoms with E-state index >= 15 is 0 Å². The predicted octanol–water partition coefficient (Wildman–Crippen LogP) is 3.84. The molecule has 1 unspecified atom stereocenters. The van der Waals surface area contributed by atoms with Gasteiger partial charge in [-0.2, -0.15) is 0 Å².